The van der Waals surface area contributed by atoms with E-state index in [-0.39, 0.29) is 29.1 Å². The van der Waals surface area contributed by atoms with E-state index >= 15 is 0 Å². The van der Waals surface area contributed by atoms with Crippen LogP contribution in [-0.4, -0.2) is 27.2 Å². The Bertz CT molecular complexity index is 1270. The predicted octanol–water partition coefficient (Wildman–Crippen LogP) is 2.42. The van der Waals surface area contributed by atoms with Crippen molar-refractivity contribution in [3.8, 4) is 0 Å². The summed E-state index contributed by atoms with van der Waals surface area (Å²) < 4.78 is 7.42. The zero-order valence-electron chi connectivity index (χ0n) is 17.0. The normalized spacial score (nSPS) is 13.7. The van der Waals surface area contributed by atoms with Gasteiger partial charge < -0.3 is 4.74 Å². The summed E-state index contributed by atoms with van der Waals surface area (Å²) >= 11 is 0. The van der Waals surface area contributed by atoms with E-state index in [0.717, 1.165) is 39.8 Å². The number of aromatic nitrogens is 3. The van der Waals surface area contributed by atoms with Crippen LogP contribution in [0.15, 0.2) is 33.9 Å². The first-order chi connectivity index (χ1) is 13.8. The van der Waals surface area contributed by atoms with E-state index in [0.29, 0.717) is 0 Å². The second kappa shape index (κ2) is 6.99. The minimum atomic E-state index is -0.603. The maximum atomic E-state index is 13.3. The van der Waals surface area contributed by atoms with Crippen LogP contribution in [-0.2, 0) is 18.3 Å². The molecule has 7 heteroatoms. The van der Waals surface area contributed by atoms with E-state index in [1.165, 1.54) is 11.7 Å². The molecule has 1 fully saturated rings. The molecule has 3 aromatic rings. The average molecular weight is 393 g/mol. The van der Waals surface area contributed by atoms with Gasteiger partial charge in [0.1, 0.15) is 5.65 Å². The molecule has 2 heterocycles. The molecule has 0 radical (unpaired) electrons. The summed E-state index contributed by atoms with van der Waals surface area (Å²) in [5, 5.41) is 0.119. The second-order valence-corrected chi connectivity index (χ2v) is 7.72. The third kappa shape index (κ3) is 3.26. The molecule has 1 aliphatic rings. The Hall–Kier alpha value is -3.22. The van der Waals surface area contributed by atoms with Crippen LogP contribution in [0, 0.1) is 13.8 Å². The summed E-state index contributed by atoms with van der Waals surface area (Å²) in [6.07, 6.45) is 1.97. The Kier molecular flexibility index (Phi) is 4.61. The SMILES string of the molecule is COC(=O)c1cc(C2CC2)nc2c1c(=O)n(Cc1cc(C)ccc1C)c(=O)n2C. The minimum Gasteiger partial charge on any atom is -0.465 e. The lowest BCUT2D eigenvalue weighted by atomic mass is 10.1. The number of aryl methyl sites for hydroxylation is 3. The van der Waals surface area contributed by atoms with Gasteiger partial charge in [-0.05, 0) is 43.9 Å². The number of carbonyl (C=O) groups excluding carboxylic acids is 1. The van der Waals surface area contributed by atoms with Gasteiger partial charge in [-0.3, -0.25) is 13.9 Å². The summed E-state index contributed by atoms with van der Waals surface area (Å²) in [4.78, 5) is 43.4. The Balaban J connectivity index is 2.01. The molecule has 150 valence electrons. The summed E-state index contributed by atoms with van der Waals surface area (Å²) in [7, 11) is 2.86. The fraction of sp³-hybridized carbons (Fsp3) is 0.364. The Morgan fingerprint density at radius 3 is 2.59 bits per heavy atom. The summed E-state index contributed by atoms with van der Waals surface area (Å²) in [5.41, 5.74) is 3.03. The number of hydrogen-bond donors (Lipinski definition) is 0. The number of pyridine rings is 1. The van der Waals surface area contributed by atoms with E-state index in [2.05, 4.69) is 4.98 Å². The fourth-order valence-electron chi connectivity index (χ4n) is 3.64. The van der Waals surface area contributed by atoms with Gasteiger partial charge in [0.15, 0.2) is 0 Å². The van der Waals surface area contributed by atoms with Gasteiger partial charge in [0.2, 0.25) is 0 Å². The lowest BCUT2D eigenvalue weighted by Crippen LogP contribution is -2.40. The van der Waals surface area contributed by atoms with Crippen molar-refractivity contribution >= 4 is 17.0 Å². The molecule has 29 heavy (non-hydrogen) atoms. The fourth-order valence-corrected chi connectivity index (χ4v) is 3.64. The Morgan fingerprint density at radius 2 is 1.93 bits per heavy atom. The van der Waals surface area contributed by atoms with Gasteiger partial charge in [-0.1, -0.05) is 23.8 Å². The maximum absolute atomic E-state index is 13.3. The zero-order valence-corrected chi connectivity index (χ0v) is 17.0. The van der Waals surface area contributed by atoms with Crippen LogP contribution in [0.25, 0.3) is 11.0 Å². The highest BCUT2D eigenvalue weighted by molar-refractivity contribution is 6.02. The van der Waals surface area contributed by atoms with Crippen molar-refractivity contribution in [2.45, 2.75) is 39.2 Å². The molecule has 7 nitrogen and oxygen atoms in total. The number of rotatable bonds is 4. The van der Waals surface area contributed by atoms with Crippen LogP contribution in [0.2, 0.25) is 0 Å². The first-order valence-corrected chi connectivity index (χ1v) is 9.60. The quantitative estimate of drug-likeness (QED) is 0.636. The topological polar surface area (TPSA) is 83.2 Å². The predicted molar refractivity (Wildman–Crippen MR) is 110 cm³/mol. The Morgan fingerprint density at radius 1 is 1.21 bits per heavy atom. The van der Waals surface area contributed by atoms with Crippen molar-refractivity contribution in [1.29, 1.82) is 0 Å². The smallest absolute Gasteiger partial charge is 0.338 e. The van der Waals surface area contributed by atoms with Crippen LogP contribution in [0.5, 0.6) is 0 Å². The average Bonchev–Trinajstić information content (AvgIpc) is 3.55. The number of benzene rings is 1. The van der Waals surface area contributed by atoms with E-state index < -0.39 is 17.2 Å². The molecule has 1 saturated carbocycles. The molecule has 1 aromatic carbocycles. The highest BCUT2D eigenvalue weighted by Crippen LogP contribution is 2.39. The first-order valence-electron chi connectivity index (χ1n) is 9.60. The molecule has 1 aliphatic carbocycles. The van der Waals surface area contributed by atoms with Crippen LogP contribution >= 0.6 is 0 Å². The van der Waals surface area contributed by atoms with Crippen LogP contribution in [0.4, 0.5) is 0 Å². The van der Waals surface area contributed by atoms with Crippen LogP contribution in [0.1, 0.15) is 51.5 Å². The molecule has 0 unspecified atom stereocenters. The monoisotopic (exact) mass is 393 g/mol. The molecule has 0 N–H and O–H groups in total. The number of ether oxygens (including phenoxy) is 1. The number of nitrogens with zero attached hydrogens (tertiary/aromatic N) is 3. The van der Waals surface area contributed by atoms with Crippen molar-refractivity contribution in [1.82, 2.24) is 14.1 Å². The molecule has 0 spiro atoms. The number of methoxy groups -OCH3 is 1. The number of fused-ring (bicyclic) bond motifs is 1. The lowest BCUT2D eigenvalue weighted by molar-refractivity contribution is 0.0602. The molecule has 0 atom stereocenters. The van der Waals surface area contributed by atoms with Crippen LogP contribution in [0.3, 0.4) is 0 Å². The van der Waals surface area contributed by atoms with Crippen molar-refractivity contribution in [2.24, 2.45) is 7.05 Å². The maximum Gasteiger partial charge on any atom is 0.338 e. The van der Waals surface area contributed by atoms with Gasteiger partial charge in [-0.25, -0.2) is 14.6 Å². The number of carbonyl (C=O) groups is 1. The van der Waals surface area contributed by atoms with E-state index in [4.69, 9.17) is 4.74 Å². The molecule has 2 aromatic heterocycles. The molecule has 0 bridgehead atoms. The van der Waals surface area contributed by atoms with Crippen molar-refractivity contribution in [3.05, 3.63) is 73.1 Å². The molecular formula is C22H23N3O4. The minimum absolute atomic E-state index is 0.119. The van der Waals surface area contributed by atoms with Gasteiger partial charge >= 0.3 is 11.7 Å². The van der Waals surface area contributed by atoms with Gasteiger partial charge in [0, 0.05) is 18.7 Å². The highest BCUT2D eigenvalue weighted by Gasteiger charge is 2.29. The number of hydrogen-bond acceptors (Lipinski definition) is 5. The largest absolute Gasteiger partial charge is 0.465 e. The third-order valence-corrected chi connectivity index (χ3v) is 5.55. The van der Waals surface area contributed by atoms with Crippen LogP contribution < -0.4 is 11.2 Å². The van der Waals surface area contributed by atoms with Crippen molar-refractivity contribution in [3.63, 3.8) is 0 Å². The van der Waals surface area contributed by atoms with Crippen molar-refractivity contribution < 1.29 is 9.53 Å². The zero-order chi connectivity index (χ0) is 20.9. The van der Waals surface area contributed by atoms with Gasteiger partial charge in [-0.15, -0.1) is 0 Å². The number of esters is 1. The van der Waals surface area contributed by atoms with Crippen molar-refractivity contribution in [2.75, 3.05) is 7.11 Å². The molecule has 4 rings (SSSR count). The summed E-state index contributed by atoms with van der Waals surface area (Å²) in [6.45, 7) is 4.03. The first kappa shape index (κ1) is 19.1. The van der Waals surface area contributed by atoms with E-state index in [1.54, 1.807) is 13.1 Å². The molecular weight excluding hydrogens is 370 g/mol. The third-order valence-electron chi connectivity index (χ3n) is 5.55. The molecule has 0 amide bonds. The highest BCUT2D eigenvalue weighted by atomic mass is 16.5. The Labute approximate surface area is 167 Å². The molecule has 0 aliphatic heterocycles. The van der Waals surface area contributed by atoms with E-state index in [9.17, 15) is 14.4 Å². The van der Waals surface area contributed by atoms with Gasteiger partial charge in [0.05, 0.1) is 24.6 Å². The molecule has 0 saturated heterocycles. The summed E-state index contributed by atoms with van der Waals surface area (Å²) in [6, 6.07) is 7.55. The second-order valence-electron chi connectivity index (χ2n) is 7.72. The van der Waals surface area contributed by atoms with Gasteiger partial charge in [-0.2, -0.15) is 0 Å². The van der Waals surface area contributed by atoms with Gasteiger partial charge in [0.25, 0.3) is 5.56 Å². The lowest BCUT2D eigenvalue weighted by Gasteiger charge is -2.15. The standard InChI is InChI=1S/C22H23N3O4/c1-12-5-6-13(2)15(9-12)11-25-20(26)18-16(21(27)29-4)10-17(14-7-8-14)23-19(18)24(3)22(25)28/h5-6,9-10,14H,7-8,11H2,1-4H3. The van der Waals surface area contributed by atoms with E-state index in [1.807, 2.05) is 32.0 Å². The summed E-state index contributed by atoms with van der Waals surface area (Å²) in [5.74, 6) is -0.344.